The molecule has 4 heterocycles. The molecule has 2 N–H and O–H groups in total. The zero-order chi connectivity index (χ0) is 16.2. The highest BCUT2D eigenvalue weighted by molar-refractivity contribution is 5.65. The Morgan fingerprint density at radius 3 is 3.04 bits per heavy atom. The molecule has 4 aliphatic heterocycles. The van der Waals surface area contributed by atoms with Gasteiger partial charge in [0.2, 0.25) is 12.5 Å². The first kappa shape index (κ1) is 13.7. The van der Waals surface area contributed by atoms with Crippen LogP contribution in [0.15, 0.2) is 6.07 Å². The molecule has 7 heteroatoms. The summed E-state index contributed by atoms with van der Waals surface area (Å²) in [5.74, 6) is 1.78. The molecule has 128 valence electrons. The molecule has 0 aromatic heterocycles. The summed E-state index contributed by atoms with van der Waals surface area (Å²) in [5, 5.41) is 21.3. The number of nitrogens with zero attached hydrogens (tertiary/aromatic N) is 1. The molecule has 7 nitrogen and oxygen atoms in total. The van der Waals surface area contributed by atoms with Gasteiger partial charge >= 0.3 is 0 Å². The van der Waals surface area contributed by atoms with Crippen molar-refractivity contribution >= 4 is 0 Å². The van der Waals surface area contributed by atoms with E-state index in [1.165, 1.54) is 0 Å². The van der Waals surface area contributed by atoms with Gasteiger partial charge in [-0.25, -0.2) is 0 Å². The topological polar surface area (TPSA) is 83.9 Å². The minimum Gasteiger partial charge on any atom is -0.492 e. The molecule has 0 spiro atoms. The molecule has 0 radical (unpaired) electrons. The lowest BCUT2D eigenvalue weighted by Crippen LogP contribution is -2.57. The summed E-state index contributed by atoms with van der Waals surface area (Å²) >= 11 is 0. The van der Waals surface area contributed by atoms with Crippen molar-refractivity contribution < 1.29 is 29.2 Å². The molecule has 6 rings (SSSR count). The molecule has 1 aromatic carbocycles. The normalized spacial score (nSPS) is 46.1. The van der Waals surface area contributed by atoms with Gasteiger partial charge in [0.25, 0.3) is 0 Å². The van der Waals surface area contributed by atoms with E-state index in [1.807, 2.05) is 6.07 Å². The Balaban J connectivity index is 1.64. The summed E-state index contributed by atoms with van der Waals surface area (Å²) in [7, 11) is 1.59. The van der Waals surface area contributed by atoms with Gasteiger partial charge in [-0.1, -0.05) is 0 Å². The van der Waals surface area contributed by atoms with E-state index in [9.17, 15) is 10.2 Å². The first-order valence-electron chi connectivity index (χ1n) is 8.45. The SMILES string of the molecule is COc1c2c(cc3c1[C@@H](O)N1CC[C@]34[C@H]3O[C@H]3[C@H](O)C[C@@H]14)OCO2. The summed E-state index contributed by atoms with van der Waals surface area (Å²) in [6, 6.07) is 2.07. The van der Waals surface area contributed by atoms with Crippen LogP contribution in [0.1, 0.15) is 30.2 Å². The second-order valence-corrected chi connectivity index (χ2v) is 7.35. The van der Waals surface area contributed by atoms with Crippen molar-refractivity contribution in [3.8, 4) is 17.2 Å². The molecular weight excluding hydrogens is 314 g/mol. The maximum absolute atomic E-state index is 11.0. The molecule has 1 unspecified atom stereocenters. The van der Waals surface area contributed by atoms with Crippen molar-refractivity contribution in [2.24, 2.45) is 0 Å². The highest BCUT2D eigenvalue weighted by Crippen LogP contribution is 2.64. The van der Waals surface area contributed by atoms with Crippen molar-refractivity contribution in [2.45, 2.75) is 48.8 Å². The van der Waals surface area contributed by atoms with Crippen molar-refractivity contribution in [1.29, 1.82) is 0 Å². The Hall–Kier alpha value is -1.54. The van der Waals surface area contributed by atoms with Crippen LogP contribution in [0.25, 0.3) is 0 Å². The first-order valence-corrected chi connectivity index (χ1v) is 8.45. The van der Waals surface area contributed by atoms with Gasteiger partial charge in [0.1, 0.15) is 12.3 Å². The zero-order valence-electron chi connectivity index (χ0n) is 13.3. The maximum Gasteiger partial charge on any atom is 0.231 e. The second kappa shape index (κ2) is 4.16. The lowest BCUT2D eigenvalue weighted by atomic mass is 9.62. The number of rotatable bonds is 1. The van der Waals surface area contributed by atoms with E-state index in [4.69, 9.17) is 18.9 Å². The summed E-state index contributed by atoms with van der Waals surface area (Å²) in [6.07, 6.45) is 0.187. The van der Waals surface area contributed by atoms with Gasteiger partial charge in [-0.2, -0.15) is 0 Å². The fourth-order valence-electron chi connectivity index (χ4n) is 5.60. The summed E-state index contributed by atoms with van der Waals surface area (Å²) in [4.78, 5) is 2.08. The van der Waals surface area contributed by atoms with Crippen LogP contribution in [-0.4, -0.2) is 59.9 Å². The summed E-state index contributed by atoms with van der Waals surface area (Å²) in [5.41, 5.74) is 1.59. The fraction of sp³-hybridized carbons (Fsp3) is 0.647. The largest absolute Gasteiger partial charge is 0.492 e. The average Bonchev–Trinajstić information content (AvgIpc) is 3.15. The third-order valence-electron chi connectivity index (χ3n) is 6.59. The lowest BCUT2D eigenvalue weighted by Gasteiger charge is -2.48. The third-order valence-corrected chi connectivity index (χ3v) is 6.59. The van der Waals surface area contributed by atoms with Gasteiger partial charge in [-0.05, 0) is 24.5 Å². The minimum atomic E-state index is -0.771. The Bertz CT molecular complexity index is 753. The van der Waals surface area contributed by atoms with Gasteiger partial charge in [0.15, 0.2) is 11.5 Å². The van der Waals surface area contributed by atoms with Crippen molar-refractivity contribution in [1.82, 2.24) is 4.90 Å². The number of ether oxygens (including phenoxy) is 4. The molecule has 1 saturated carbocycles. The molecule has 1 aliphatic carbocycles. The van der Waals surface area contributed by atoms with Crippen LogP contribution in [0.4, 0.5) is 0 Å². The monoisotopic (exact) mass is 333 g/mol. The smallest absolute Gasteiger partial charge is 0.231 e. The van der Waals surface area contributed by atoms with Crippen LogP contribution in [0.2, 0.25) is 0 Å². The molecule has 2 saturated heterocycles. The Morgan fingerprint density at radius 1 is 1.33 bits per heavy atom. The van der Waals surface area contributed by atoms with Crippen molar-refractivity contribution in [3.05, 3.63) is 17.2 Å². The second-order valence-electron chi connectivity index (χ2n) is 7.35. The Morgan fingerprint density at radius 2 is 2.21 bits per heavy atom. The number of hydrogen-bond acceptors (Lipinski definition) is 7. The molecule has 0 amide bonds. The summed E-state index contributed by atoms with van der Waals surface area (Å²) in [6.45, 7) is 0.932. The van der Waals surface area contributed by atoms with E-state index >= 15 is 0 Å². The predicted octanol–water partition coefficient (Wildman–Crippen LogP) is 0.272. The average molecular weight is 333 g/mol. The molecule has 7 atom stereocenters. The van der Waals surface area contributed by atoms with Crippen LogP contribution < -0.4 is 14.2 Å². The first-order chi connectivity index (χ1) is 11.7. The van der Waals surface area contributed by atoms with Crippen LogP contribution in [-0.2, 0) is 10.2 Å². The van der Waals surface area contributed by atoms with Gasteiger partial charge in [-0.3, -0.25) is 4.90 Å². The number of epoxide rings is 1. The van der Waals surface area contributed by atoms with E-state index < -0.39 is 12.3 Å². The predicted molar refractivity (Wildman–Crippen MR) is 80.2 cm³/mol. The minimum absolute atomic E-state index is 0.00687. The quantitative estimate of drug-likeness (QED) is 0.714. The van der Waals surface area contributed by atoms with Gasteiger partial charge in [0.05, 0.1) is 19.3 Å². The Kier molecular flexibility index (Phi) is 2.38. The van der Waals surface area contributed by atoms with Crippen LogP contribution in [0.3, 0.4) is 0 Å². The van der Waals surface area contributed by atoms with E-state index in [1.54, 1.807) is 7.11 Å². The maximum atomic E-state index is 11.0. The molecule has 2 bridgehead atoms. The standard InChI is InChI=1S/C17H19NO6/c1-21-14-11-7(4-9-13(14)23-6-22-9)17-2-3-18(16(11)20)10(17)5-8(19)12-15(17)24-12/h4,8,10,12,15-16,19-20H,2-3,5-6H2,1H3/t8-,10-,12+,15+,16-,17+/m1/s1. The van der Waals surface area contributed by atoms with E-state index in [2.05, 4.69) is 4.90 Å². The van der Waals surface area contributed by atoms with Gasteiger partial charge < -0.3 is 29.2 Å². The fourth-order valence-corrected chi connectivity index (χ4v) is 5.60. The molecule has 24 heavy (non-hydrogen) atoms. The van der Waals surface area contributed by atoms with Crippen LogP contribution in [0, 0.1) is 0 Å². The number of hydrogen-bond donors (Lipinski definition) is 2. The number of fused-ring (bicyclic) bond motifs is 3. The van der Waals surface area contributed by atoms with Gasteiger partial charge in [-0.15, -0.1) is 0 Å². The van der Waals surface area contributed by atoms with Crippen molar-refractivity contribution in [2.75, 3.05) is 20.4 Å². The highest BCUT2D eigenvalue weighted by atomic mass is 16.7. The molecule has 3 fully saturated rings. The number of methoxy groups -OCH3 is 1. The van der Waals surface area contributed by atoms with Gasteiger partial charge in [0, 0.05) is 23.6 Å². The summed E-state index contributed by atoms with van der Waals surface area (Å²) < 4.78 is 22.7. The molecule has 1 aromatic rings. The lowest BCUT2D eigenvalue weighted by molar-refractivity contribution is -0.0511. The van der Waals surface area contributed by atoms with Crippen molar-refractivity contribution in [3.63, 3.8) is 0 Å². The highest BCUT2D eigenvalue weighted by Gasteiger charge is 2.71. The number of benzene rings is 1. The van der Waals surface area contributed by atoms with E-state index in [0.29, 0.717) is 23.7 Å². The molecule has 5 aliphatic rings. The number of aliphatic hydroxyl groups excluding tert-OH is 2. The van der Waals surface area contributed by atoms with E-state index in [-0.39, 0.29) is 30.5 Å². The molecular formula is C17H19NO6. The number of aliphatic hydroxyl groups is 2. The Labute approximate surface area is 138 Å². The zero-order valence-corrected chi connectivity index (χ0v) is 13.3. The van der Waals surface area contributed by atoms with E-state index in [0.717, 1.165) is 24.1 Å². The van der Waals surface area contributed by atoms with Crippen LogP contribution >= 0.6 is 0 Å². The van der Waals surface area contributed by atoms with Crippen LogP contribution in [0.5, 0.6) is 17.2 Å². The third kappa shape index (κ3) is 1.33.